The van der Waals surface area contributed by atoms with Crippen molar-refractivity contribution in [3.8, 4) is 11.5 Å². The predicted octanol–water partition coefficient (Wildman–Crippen LogP) is 0.903. The van der Waals surface area contributed by atoms with E-state index < -0.39 is 89.2 Å². The van der Waals surface area contributed by atoms with Gasteiger partial charge in [0, 0.05) is 54.0 Å². The lowest BCUT2D eigenvalue weighted by Crippen LogP contribution is -2.52. The summed E-state index contributed by atoms with van der Waals surface area (Å²) >= 11 is 0. The Morgan fingerprint density at radius 3 is 2.49 bits per heavy atom. The maximum absolute atomic E-state index is 13.6. The minimum atomic E-state index is -2.00. The van der Waals surface area contributed by atoms with Crippen LogP contribution < -0.4 is 5.73 Å². The van der Waals surface area contributed by atoms with Crippen molar-refractivity contribution in [1.82, 2.24) is 0 Å². The number of hydrogen-bond donors (Lipinski definition) is 6. The zero-order valence-corrected chi connectivity index (χ0v) is 21.5. The molecule has 2 aliphatic carbocycles. The molecule has 0 amide bonds. The Balaban J connectivity index is 1.69. The molecule has 1 heterocycles. The number of carbonyl (C=O) groups is 3. The Morgan fingerprint density at radius 1 is 1.15 bits per heavy atom. The summed E-state index contributed by atoms with van der Waals surface area (Å²) in [6.45, 7) is 2.64. The monoisotopic (exact) mass is 541 g/mol. The van der Waals surface area contributed by atoms with E-state index in [9.17, 15) is 39.9 Å². The van der Waals surface area contributed by atoms with Gasteiger partial charge in [-0.2, -0.15) is 0 Å². The summed E-state index contributed by atoms with van der Waals surface area (Å²) in [6.07, 6.45) is -4.63. The summed E-state index contributed by atoms with van der Waals surface area (Å²) in [5.41, 5.74) is 3.03. The van der Waals surface area contributed by atoms with E-state index in [0.29, 0.717) is 0 Å². The Labute approximate surface area is 223 Å². The second kappa shape index (κ2) is 9.77. The van der Waals surface area contributed by atoms with E-state index in [1.54, 1.807) is 13.8 Å². The van der Waals surface area contributed by atoms with Gasteiger partial charge in [-0.1, -0.05) is 25.1 Å². The molecule has 7 N–H and O–H groups in total. The number of hydrogen-bond acceptors (Lipinski definition) is 11. The van der Waals surface area contributed by atoms with Crippen molar-refractivity contribution in [2.45, 2.75) is 82.4 Å². The van der Waals surface area contributed by atoms with Crippen molar-refractivity contribution in [3.05, 3.63) is 57.1 Å². The molecular weight excluding hydrogens is 510 g/mol. The molecule has 3 aliphatic rings. The van der Waals surface area contributed by atoms with Crippen LogP contribution in [0.2, 0.25) is 0 Å². The van der Waals surface area contributed by atoms with Gasteiger partial charge in [0.15, 0.2) is 23.6 Å². The Morgan fingerprint density at radius 2 is 1.85 bits per heavy atom. The van der Waals surface area contributed by atoms with Crippen LogP contribution in [0.15, 0.2) is 18.2 Å². The van der Waals surface area contributed by atoms with Gasteiger partial charge in [0.2, 0.25) is 0 Å². The third-order valence-electron chi connectivity index (χ3n) is 8.06. The van der Waals surface area contributed by atoms with Gasteiger partial charge in [-0.3, -0.25) is 14.4 Å². The number of aliphatic hydroxyl groups excluding tert-OH is 2. The number of ketones is 3. The van der Waals surface area contributed by atoms with E-state index in [1.807, 2.05) is 0 Å². The Hall–Kier alpha value is -3.19. The summed E-state index contributed by atoms with van der Waals surface area (Å²) in [7, 11) is 0. The van der Waals surface area contributed by atoms with Gasteiger partial charge in [0.25, 0.3) is 0 Å². The van der Waals surface area contributed by atoms with Crippen molar-refractivity contribution in [3.63, 3.8) is 0 Å². The summed E-state index contributed by atoms with van der Waals surface area (Å²) < 4.78 is 11.8. The molecule has 0 spiro atoms. The van der Waals surface area contributed by atoms with Crippen LogP contribution in [-0.4, -0.2) is 73.0 Å². The maximum atomic E-state index is 13.6. The van der Waals surface area contributed by atoms with Crippen molar-refractivity contribution in [2.24, 2.45) is 5.73 Å². The van der Waals surface area contributed by atoms with Gasteiger partial charge in [0.05, 0.1) is 36.0 Å². The molecule has 0 aromatic heterocycles. The quantitative estimate of drug-likeness (QED) is 0.251. The zero-order valence-electron chi connectivity index (χ0n) is 21.5. The smallest absolute Gasteiger partial charge is 0.198 e. The van der Waals surface area contributed by atoms with E-state index in [4.69, 9.17) is 15.2 Å². The van der Waals surface area contributed by atoms with Gasteiger partial charge in [-0.15, -0.1) is 0 Å². The van der Waals surface area contributed by atoms with Crippen molar-refractivity contribution < 1.29 is 49.4 Å². The highest BCUT2D eigenvalue weighted by Gasteiger charge is 2.49. The van der Waals surface area contributed by atoms with Gasteiger partial charge in [-0.25, -0.2) is 0 Å². The molecule has 0 bridgehead atoms. The first-order valence-electron chi connectivity index (χ1n) is 12.9. The lowest BCUT2D eigenvalue weighted by molar-refractivity contribution is -0.247. The number of benzene rings is 2. The number of nitrogens with two attached hydrogens (primary N) is 1. The number of rotatable bonds is 5. The molecule has 2 aromatic carbocycles. The van der Waals surface area contributed by atoms with E-state index in [2.05, 4.69) is 0 Å². The number of ether oxygens (including phenoxy) is 2. The highest BCUT2D eigenvalue weighted by molar-refractivity contribution is 6.31. The summed E-state index contributed by atoms with van der Waals surface area (Å²) in [6, 6.07) is 3.66. The molecular formula is C28H31NO10. The van der Waals surface area contributed by atoms with Gasteiger partial charge in [0.1, 0.15) is 17.1 Å². The predicted molar refractivity (Wildman–Crippen MR) is 134 cm³/mol. The van der Waals surface area contributed by atoms with Crippen molar-refractivity contribution in [2.75, 3.05) is 0 Å². The molecule has 1 saturated heterocycles. The van der Waals surface area contributed by atoms with Crippen LogP contribution in [0.3, 0.4) is 0 Å². The molecule has 6 atom stereocenters. The van der Waals surface area contributed by atoms with Crippen LogP contribution in [0.5, 0.6) is 11.5 Å². The fourth-order valence-corrected chi connectivity index (χ4v) is 6.00. The molecule has 1 aliphatic heterocycles. The minimum absolute atomic E-state index is 0.0288. The van der Waals surface area contributed by atoms with E-state index >= 15 is 0 Å². The first kappa shape index (κ1) is 27.4. The standard InChI is InChI=1S/C28H31NO10/c1-3-17(31)28(37)8-14-20(16(9-28)39-18-7-15(29)23(32)11(2)38-18)27(36)22-21(25(14)34)24(33)13-6-4-5-12(10-30)19(13)26(22)35/h4-6,11,15-16,18,23,30,32,34,36-37H,3,7-10,29H2,1-2H3/t11?,15?,16-,18?,23?,28-/m0/s1. The van der Waals surface area contributed by atoms with Crippen molar-refractivity contribution in [1.29, 1.82) is 0 Å². The molecule has 1 fully saturated rings. The SMILES string of the molecule is CCC(=O)[C@]1(O)Cc2c(O)c3c(c(O)c2[C@@H](OC2CC(N)C(O)C(C)O2)C1)C(=O)c1c(CO)cccc1C3=O. The summed E-state index contributed by atoms with van der Waals surface area (Å²) in [4.78, 5) is 40.0. The fraction of sp³-hybridized carbons (Fsp3) is 0.464. The molecule has 5 rings (SSSR count). The lowest BCUT2D eigenvalue weighted by Gasteiger charge is -2.42. The van der Waals surface area contributed by atoms with Crippen LogP contribution in [0.25, 0.3) is 0 Å². The zero-order chi connectivity index (χ0) is 28.4. The topological polar surface area (TPSA) is 197 Å². The largest absolute Gasteiger partial charge is 0.507 e. The van der Waals surface area contributed by atoms with Crippen LogP contribution >= 0.6 is 0 Å². The second-order valence-corrected chi connectivity index (χ2v) is 10.5. The van der Waals surface area contributed by atoms with Gasteiger partial charge >= 0.3 is 0 Å². The van der Waals surface area contributed by atoms with E-state index in [0.717, 1.165) is 0 Å². The van der Waals surface area contributed by atoms with Crippen LogP contribution in [-0.2, 0) is 27.3 Å². The average molecular weight is 542 g/mol. The first-order valence-corrected chi connectivity index (χ1v) is 12.9. The first-order chi connectivity index (χ1) is 18.4. The van der Waals surface area contributed by atoms with Crippen molar-refractivity contribution >= 4 is 17.3 Å². The molecule has 0 radical (unpaired) electrons. The number of Topliss-reactive ketones (excluding diaryl/α,β-unsaturated/α-hetero) is 1. The van der Waals surface area contributed by atoms with E-state index in [1.165, 1.54) is 18.2 Å². The number of aromatic hydroxyl groups is 2. The summed E-state index contributed by atoms with van der Waals surface area (Å²) in [5, 5.41) is 54.2. The lowest BCUT2D eigenvalue weighted by atomic mass is 9.71. The third-order valence-corrected chi connectivity index (χ3v) is 8.06. The highest BCUT2D eigenvalue weighted by atomic mass is 16.7. The molecule has 208 valence electrons. The molecule has 39 heavy (non-hydrogen) atoms. The Kier molecular flexibility index (Phi) is 6.86. The highest BCUT2D eigenvalue weighted by Crippen LogP contribution is 2.52. The second-order valence-electron chi connectivity index (χ2n) is 10.5. The average Bonchev–Trinajstić information content (AvgIpc) is 2.90. The number of phenols is 2. The molecule has 4 unspecified atom stereocenters. The van der Waals surface area contributed by atoms with Crippen LogP contribution in [0, 0.1) is 0 Å². The normalized spacial score (nSPS) is 29.9. The maximum Gasteiger partial charge on any atom is 0.198 e. The Bertz CT molecular complexity index is 1380. The number of carbonyl (C=O) groups excluding carboxylic acids is 3. The molecule has 0 saturated carbocycles. The molecule has 11 heteroatoms. The number of fused-ring (bicyclic) bond motifs is 3. The number of phenolic OH excluding ortho intramolecular Hbond substituents is 2. The van der Waals surface area contributed by atoms with E-state index in [-0.39, 0.29) is 47.1 Å². The minimum Gasteiger partial charge on any atom is -0.507 e. The fourth-order valence-electron chi connectivity index (χ4n) is 6.00. The van der Waals surface area contributed by atoms with Crippen LogP contribution in [0.4, 0.5) is 0 Å². The molecule has 2 aromatic rings. The summed E-state index contributed by atoms with van der Waals surface area (Å²) in [5.74, 6) is -3.32. The number of aliphatic hydroxyl groups is 3. The van der Waals surface area contributed by atoms with Gasteiger partial charge in [-0.05, 0) is 12.5 Å². The third kappa shape index (κ3) is 4.17. The molecule has 11 nitrogen and oxygen atoms in total. The van der Waals surface area contributed by atoms with Crippen LogP contribution in [0.1, 0.15) is 87.7 Å². The van der Waals surface area contributed by atoms with Gasteiger partial charge < -0.3 is 40.7 Å².